The molecule has 3 nitrogen and oxygen atoms in total. The van der Waals surface area contributed by atoms with Crippen molar-refractivity contribution in [1.29, 1.82) is 0 Å². The van der Waals surface area contributed by atoms with Crippen molar-refractivity contribution in [3.8, 4) is 11.8 Å². The van der Waals surface area contributed by atoms with Gasteiger partial charge in [0.1, 0.15) is 12.4 Å². The van der Waals surface area contributed by atoms with Gasteiger partial charge < -0.3 is 10.2 Å². The van der Waals surface area contributed by atoms with Crippen molar-refractivity contribution >= 4 is 0 Å². The standard InChI is InChI=1S/C15H18FNO2/c16-15-7-12(2-1-5-18)6-14(8-15)10-17-4-3-13(9-17)11-19/h6-8,13,18-19H,3-5,9-11H2. The van der Waals surface area contributed by atoms with Gasteiger partial charge in [0, 0.05) is 25.3 Å². The first-order valence-corrected chi connectivity index (χ1v) is 6.43. The Morgan fingerprint density at radius 2 is 2.16 bits per heavy atom. The van der Waals surface area contributed by atoms with E-state index in [0.29, 0.717) is 18.0 Å². The minimum Gasteiger partial charge on any atom is -0.396 e. The molecule has 1 atom stereocenters. The number of hydrogen-bond donors (Lipinski definition) is 2. The van der Waals surface area contributed by atoms with Crippen molar-refractivity contribution in [1.82, 2.24) is 4.90 Å². The molecule has 4 heteroatoms. The molecule has 1 aromatic carbocycles. The summed E-state index contributed by atoms with van der Waals surface area (Å²) in [5.74, 6) is 5.27. The molecule has 0 spiro atoms. The zero-order chi connectivity index (χ0) is 13.7. The van der Waals surface area contributed by atoms with Gasteiger partial charge in [0.25, 0.3) is 0 Å². The van der Waals surface area contributed by atoms with E-state index in [2.05, 4.69) is 16.7 Å². The van der Waals surface area contributed by atoms with Crippen molar-refractivity contribution in [2.45, 2.75) is 13.0 Å². The van der Waals surface area contributed by atoms with Crippen LogP contribution in [0.5, 0.6) is 0 Å². The highest BCUT2D eigenvalue weighted by molar-refractivity contribution is 5.37. The highest BCUT2D eigenvalue weighted by atomic mass is 19.1. The predicted molar refractivity (Wildman–Crippen MR) is 70.8 cm³/mol. The molecule has 0 radical (unpaired) electrons. The molecule has 1 fully saturated rings. The molecule has 102 valence electrons. The zero-order valence-electron chi connectivity index (χ0n) is 10.8. The smallest absolute Gasteiger partial charge is 0.124 e. The summed E-state index contributed by atoms with van der Waals surface area (Å²) in [7, 11) is 0. The summed E-state index contributed by atoms with van der Waals surface area (Å²) < 4.78 is 13.5. The first-order valence-electron chi connectivity index (χ1n) is 6.43. The third-order valence-corrected chi connectivity index (χ3v) is 3.30. The molecule has 0 bridgehead atoms. The molecule has 0 aliphatic carbocycles. The fraction of sp³-hybridized carbons (Fsp3) is 0.467. The molecule has 2 N–H and O–H groups in total. The Bertz CT molecular complexity index is 493. The summed E-state index contributed by atoms with van der Waals surface area (Å²) in [6.07, 6.45) is 0.989. The number of halogens is 1. The maximum absolute atomic E-state index is 13.5. The second-order valence-corrected chi connectivity index (χ2v) is 4.88. The van der Waals surface area contributed by atoms with Crippen LogP contribution in [0, 0.1) is 23.6 Å². The third-order valence-electron chi connectivity index (χ3n) is 3.30. The molecule has 0 saturated carbocycles. The van der Waals surface area contributed by atoms with Crippen LogP contribution in [0.1, 0.15) is 17.5 Å². The Morgan fingerprint density at radius 3 is 2.84 bits per heavy atom. The predicted octanol–water partition coefficient (Wildman–Crippen LogP) is 0.984. The Balaban J connectivity index is 2.06. The van der Waals surface area contributed by atoms with Crippen molar-refractivity contribution in [3.05, 3.63) is 35.1 Å². The van der Waals surface area contributed by atoms with E-state index in [1.54, 1.807) is 0 Å². The van der Waals surface area contributed by atoms with Gasteiger partial charge in [-0.1, -0.05) is 11.8 Å². The number of hydrogen-bond acceptors (Lipinski definition) is 3. The molecular formula is C15H18FNO2. The van der Waals surface area contributed by atoms with Crippen LogP contribution in [0.2, 0.25) is 0 Å². The molecule has 2 rings (SSSR count). The van der Waals surface area contributed by atoms with E-state index in [0.717, 1.165) is 25.1 Å². The zero-order valence-corrected chi connectivity index (χ0v) is 10.8. The van der Waals surface area contributed by atoms with E-state index >= 15 is 0 Å². The van der Waals surface area contributed by atoms with Gasteiger partial charge in [-0.25, -0.2) is 4.39 Å². The van der Waals surface area contributed by atoms with Gasteiger partial charge in [-0.15, -0.1) is 0 Å². The maximum atomic E-state index is 13.5. The van der Waals surface area contributed by atoms with Crippen LogP contribution in [-0.4, -0.2) is 41.4 Å². The van der Waals surface area contributed by atoms with Gasteiger partial charge in [0.2, 0.25) is 0 Å². The monoisotopic (exact) mass is 263 g/mol. The van der Waals surface area contributed by atoms with Gasteiger partial charge in [-0.2, -0.15) is 0 Å². The summed E-state index contributed by atoms with van der Waals surface area (Å²) in [6, 6.07) is 4.72. The lowest BCUT2D eigenvalue weighted by Crippen LogP contribution is -2.21. The Morgan fingerprint density at radius 1 is 1.32 bits per heavy atom. The van der Waals surface area contributed by atoms with Crippen molar-refractivity contribution in [2.24, 2.45) is 5.92 Å². The molecule has 1 saturated heterocycles. The number of rotatable bonds is 3. The topological polar surface area (TPSA) is 43.7 Å². The average Bonchev–Trinajstić information content (AvgIpc) is 2.83. The molecule has 1 aliphatic heterocycles. The number of likely N-dealkylation sites (tertiary alicyclic amines) is 1. The average molecular weight is 263 g/mol. The summed E-state index contributed by atoms with van der Waals surface area (Å²) in [4.78, 5) is 2.21. The fourth-order valence-electron chi connectivity index (χ4n) is 2.42. The molecule has 0 aromatic heterocycles. The highest BCUT2D eigenvalue weighted by Crippen LogP contribution is 2.19. The first-order chi connectivity index (χ1) is 9.21. The SMILES string of the molecule is OCC#Cc1cc(F)cc(CN2CCC(CO)C2)c1. The first kappa shape index (κ1) is 14.0. The minimum atomic E-state index is -0.308. The number of aliphatic hydroxyl groups is 2. The molecule has 1 aromatic rings. The van der Waals surface area contributed by atoms with Crippen LogP contribution in [0.4, 0.5) is 4.39 Å². The van der Waals surface area contributed by atoms with Gasteiger partial charge in [-0.3, -0.25) is 4.90 Å². The van der Waals surface area contributed by atoms with Crippen LogP contribution < -0.4 is 0 Å². The van der Waals surface area contributed by atoms with Crippen LogP contribution in [0.25, 0.3) is 0 Å². The molecule has 1 aliphatic rings. The maximum Gasteiger partial charge on any atom is 0.124 e. The van der Waals surface area contributed by atoms with Crippen LogP contribution >= 0.6 is 0 Å². The third kappa shape index (κ3) is 4.03. The lowest BCUT2D eigenvalue weighted by atomic mass is 10.1. The molecule has 1 heterocycles. The van der Waals surface area contributed by atoms with Crippen molar-refractivity contribution in [2.75, 3.05) is 26.3 Å². The van der Waals surface area contributed by atoms with Gasteiger partial charge in [0.15, 0.2) is 0 Å². The number of aliphatic hydroxyl groups excluding tert-OH is 2. The lowest BCUT2D eigenvalue weighted by Gasteiger charge is -2.15. The largest absolute Gasteiger partial charge is 0.396 e. The van der Waals surface area contributed by atoms with Gasteiger partial charge in [-0.05, 0) is 42.6 Å². The van der Waals surface area contributed by atoms with Crippen LogP contribution in [0.15, 0.2) is 18.2 Å². The molecular weight excluding hydrogens is 245 g/mol. The minimum absolute atomic E-state index is 0.215. The Hall–Kier alpha value is -1.41. The summed E-state index contributed by atoms with van der Waals surface area (Å²) >= 11 is 0. The fourth-order valence-corrected chi connectivity index (χ4v) is 2.42. The molecule has 1 unspecified atom stereocenters. The van der Waals surface area contributed by atoms with E-state index in [9.17, 15) is 4.39 Å². The van der Waals surface area contributed by atoms with Gasteiger partial charge in [0.05, 0.1) is 0 Å². The molecule has 0 amide bonds. The lowest BCUT2D eigenvalue weighted by molar-refractivity contribution is 0.220. The van der Waals surface area contributed by atoms with E-state index < -0.39 is 0 Å². The van der Waals surface area contributed by atoms with Crippen molar-refractivity contribution < 1.29 is 14.6 Å². The summed E-state index contributed by atoms with van der Waals surface area (Å²) in [6.45, 7) is 2.44. The van der Waals surface area contributed by atoms with E-state index in [1.165, 1.54) is 12.1 Å². The van der Waals surface area contributed by atoms with Gasteiger partial charge >= 0.3 is 0 Å². The normalized spacial score (nSPS) is 19.2. The number of nitrogens with zero attached hydrogens (tertiary/aromatic N) is 1. The van der Waals surface area contributed by atoms with Crippen LogP contribution in [0.3, 0.4) is 0 Å². The summed E-state index contributed by atoms with van der Waals surface area (Å²) in [5, 5.41) is 17.8. The number of benzene rings is 1. The Kier molecular flexibility index (Phi) is 4.92. The van der Waals surface area contributed by atoms with E-state index in [1.807, 2.05) is 6.07 Å². The summed E-state index contributed by atoms with van der Waals surface area (Å²) in [5.41, 5.74) is 1.46. The Labute approximate surface area is 112 Å². The van der Waals surface area contributed by atoms with Crippen molar-refractivity contribution in [3.63, 3.8) is 0 Å². The van der Waals surface area contributed by atoms with E-state index in [4.69, 9.17) is 10.2 Å². The quantitative estimate of drug-likeness (QED) is 0.799. The second-order valence-electron chi connectivity index (χ2n) is 4.88. The second kappa shape index (κ2) is 6.67. The van der Waals surface area contributed by atoms with Crippen LogP contribution in [-0.2, 0) is 6.54 Å². The highest BCUT2D eigenvalue weighted by Gasteiger charge is 2.21. The molecule has 19 heavy (non-hydrogen) atoms. The van der Waals surface area contributed by atoms with E-state index in [-0.39, 0.29) is 19.0 Å².